The van der Waals surface area contributed by atoms with Gasteiger partial charge < -0.3 is 20.1 Å². The predicted octanol–water partition coefficient (Wildman–Crippen LogP) is 3.18. The minimum absolute atomic E-state index is 0.0633. The average molecular weight is 383 g/mol. The monoisotopic (exact) mass is 382 g/mol. The van der Waals surface area contributed by atoms with Gasteiger partial charge in [0.15, 0.2) is 0 Å². The van der Waals surface area contributed by atoms with Gasteiger partial charge in [0.2, 0.25) is 0 Å². The largest absolute Gasteiger partial charge is 0.496 e. The number of methoxy groups -OCH3 is 1. The van der Waals surface area contributed by atoms with Crippen molar-refractivity contribution < 1.29 is 19.4 Å². The molecule has 1 aliphatic heterocycles. The van der Waals surface area contributed by atoms with Crippen LogP contribution in [0.15, 0.2) is 22.7 Å². The Morgan fingerprint density at radius 2 is 2.26 bits per heavy atom. The van der Waals surface area contributed by atoms with E-state index in [9.17, 15) is 14.7 Å². The molecule has 2 fully saturated rings. The molecule has 2 atom stereocenters. The number of anilines is 1. The van der Waals surface area contributed by atoms with Crippen molar-refractivity contribution in [1.29, 1.82) is 0 Å². The molecular weight excluding hydrogens is 364 g/mol. The summed E-state index contributed by atoms with van der Waals surface area (Å²) in [6, 6.07) is 5.03. The lowest BCUT2D eigenvalue weighted by Gasteiger charge is -2.23. The molecule has 2 N–H and O–H groups in total. The van der Waals surface area contributed by atoms with Crippen molar-refractivity contribution in [2.75, 3.05) is 25.5 Å². The van der Waals surface area contributed by atoms with E-state index in [0.717, 1.165) is 17.3 Å². The Morgan fingerprint density at radius 3 is 2.87 bits per heavy atom. The van der Waals surface area contributed by atoms with E-state index < -0.39 is 11.4 Å². The van der Waals surface area contributed by atoms with Gasteiger partial charge in [-0.1, -0.05) is 6.42 Å². The van der Waals surface area contributed by atoms with Gasteiger partial charge in [-0.05, 0) is 52.9 Å². The van der Waals surface area contributed by atoms with Gasteiger partial charge in [0.05, 0.1) is 17.0 Å². The first-order chi connectivity index (χ1) is 11.0. The number of urea groups is 1. The number of nitrogens with one attached hydrogen (secondary N) is 1. The van der Waals surface area contributed by atoms with Crippen LogP contribution in [0.3, 0.4) is 0 Å². The van der Waals surface area contributed by atoms with Crippen molar-refractivity contribution >= 4 is 33.6 Å². The molecule has 1 aromatic carbocycles. The fraction of sp³-hybridized carbons (Fsp3) is 0.500. The molecule has 0 spiro atoms. The normalized spacial score (nSPS) is 26.0. The number of hydrogen-bond acceptors (Lipinski definition) is 3. The average Bonchev–Trinajstić information content (AvgIpc) is 3.05. The Morgan fingerprint density at radius 1 is 1.48 bits per heavy atom. The zero-order valence-corrected chi connectivity index (χ0v) is 14.4. The van der Waals surface area contributed by atoms with Gasteiger partial charge in [0.25, 0.3) is 0 Å². The molecule has 6 nitrogen and oxygen atoms in total. The molecule has 23 heavy (non-hydrogen) atoms. The fourth-order valence-electron chi connectivity index (χ4n) is 3.74. The number of halogens is 1. The quantitative estimate of drug-likeness (QED) is 0.841. The van der Waals surface area contributed by atoms with Gasteiger partial charge in [-0.15, -0.1) is 0 Å². The zero-order valence-electron chi connectivity index (χ0n) is 12.8. The molecule has 1 aliphatic carbocycles. The summed E-state index contributed by atoms with van der Waals surface area (Å²) in [6.45, 7) is 0.797. The van der Waals surface area contributed by atoms with Crippen molar-refractivity contribution in [3.05, 3.63) is 22.7 Å². The molecule has 2 amide bonds. The molecular formula is C16H19BrN2O4. The van der Waals surface area contributed by atoms with E-state index in [4.69, 9.17) is 4.74 Å². The number of nitrogens with zero attached hydrogens (tertiary/aromatic N) is 1. The van der Waals surface area contributed by atoms with Crippen LogP contribution in [-0.2, 0) is 4.79 Å². The van der Waals surface area contributed by atoms with Crippen LogP contribution in [0.4, 0.5) is 10.5 Å². The third kappa shape index (κ3) is 2.78. The van der Waals surface area contributed by atoms with E-state index in [2.05, 4.69) is 21.2 Å². The van der Waals surface area contributed by atoms with E-state index in [1.54, 1.807) is 30.2 Å². The van der Waals surface area contributed by atoms with E-state index in [0.29, 0.717) is 24.4 Å². The van der Waals surface area contributed by atoms with Crippen molar-refractivity contribution in [2.24, 2.45) is 11.3 Å². The van der Waals surface area contributed by atoms with Gasteiger partial charge in [0.1, 0.15) is 5.75 Å². The summed E-state index contributed by atoms with van der Waals surface area (Å²) < 4.78 is 5.91. The summed E-state index contributed by atoms with van der Waals surface area (Å²) in [5.74, 6) is -0.0284. The highest BCUT2D eigenvalue weighted by Gasteiger charge is 2.55. The molecule has 0 unspecified atom stereocenters. The lowest BCUT2D eigenvalue weighted by Crippen LogP contribution is -2.38. The first-order valence-electron chi connectivity index (χ1n) is 7.59. The number of hydrogen-bond donors (Lipinski definition) is 2. The third-order valence-electron chi connectivity index (χ3n) is 4.99. The van der Waals surface area contributed by atoms with Gasteiger partial charge >= 0.3 is 12.0 Å². The number of fused-ring (bicyclic) bond motifs is 1. The number of carbonyl (C=O) groups excluding carboxylic acids is 1. The highest BCUT2D eigenvalue weighted by atomic mass is 79.9. The second-order valence-corrected chi connectivity index (χ2v) is 7.06. The minimum Gasteiger partial charge on any atom is -0.496 e. The molecule has 0 aromatic heterocycles. The fourth-order valence-corrected chi connectivity index (χ4v) is 4.28. The summed E-state index contributed by atoms with van der Waals surface area (Å²) in [5.41, 5.74) is -0.109. The van der Waals surface area contributed by atoms with Crippen LogP contribution >= 0.6 is 15.9 Å². The number of ether oxygens (including phenoxy) is 1. The molecule has 1 saturated heterocycles. The highest BCUT2D eigenvalue weighted by Crippen LogP contribution is 2.49. The van der Waals surface area contributed by atoms with Gasteiger partial charge in [-0.2, -0.15) is 0 Å². The van der Waals surface area contributed by atoms with Gasteiger partial charge in [0, 0.05) is 18.8 Å². The second-order valence-electron chi connectivity index (χ2n) is 6.21. The number of aliphatic carboxylic acids is 1. The first kappa shape index (κ1) is 16.1. The Balaban J connectivity index is 1.70. The Kier molecular flexibility index (Phi) is 4.23. The second kappa shape index (κ2) is 6.03. The summed E-state index contributed by atoms with van der Waals surface area (Å²) in [5, 5.41) is 12.4. The molecule has 3 rings (SSSR count). The smallest absolute Gasteiger partial charge is 0.321 e. The predicted molar refractivity (Wildman–Crippen MR) is 88.7 cm³/mol. The summed E-state index contributed by atoms with van der Waals surface area (Å²) in [6.07, 6.45) is 2.47. The van der Waals surface area contributed by atoms with Crippen LogP contribution in [0.1, 0.15) is 19.3 Å². The Labute approximate surface area is 142 Å². The van der Waals surface area contributed by atoms with E-state index in [1.165, 1.54) is 0 Å². The lowest BCUT2D eigenvalue weighted by molar-refractivity contribution is -0.149. The molecule has 1 aromatic rings. The molecule has 1 heterocycles. The maximum atomic E-state index is 12.5. The molecule has 124 valence electrons. The van der Waals surface area contributed by atoms with Crippen molar-refractivity contribution in [1.82, 2.24) is 4.90 Å². The van der Waals surface area contributed by atoms with Crippen LogP contribution in [0, 0.1) is 11.3 Å². The van der Waals surface area contributed by atoms with Crippen molar-refractivity contribution in [3.8, 4) is 5.75 Å². The first-order valence-corrected chi connectivity index (χ1v) is 8.38. The van der Waals surface area contributed by atoms with E-state index >= 15 is 0 Å². The third-order valence-corrected chi connectivity index (χ3v) is 5.61. The van der Waals surface area contributed by atoms with Crippen LogP contribution in [-0.4, -0.2) is 42.2 Å². The molecule has 0 radical (unpaired) electrons. The van der Waals surface area contributed by atoms with Crippen LogP contribution in [0.5, 0.6) is 5.75 Å². The van der Waals surface area contributed by atoms with Crippen LogP contribution in [0.25, 0.3) is 0 Å². The van der Waals surface area contributed by atoms with Crippen molar-refractivity contribution in [2.45, 2.75) is 19.3 Å². The van der Waals surface area contributed by atoms with Gasteiger partial charge in [-0.25, -0.2) is 4.79 Å². The molecule has 1 saturated carbocycles. The minimum atomic E-state index is -0.775. The van der Waals surface area contributed by atoms with Gasteiger partial charge in [-0.3, -0.25) is 4.79 Å². The number of benzene rings is 1. The topological polar surface area (TPSA) is 78.9 Å². The number of likely N-dealkylation sites (tertiary alicyclic amines) is 1. The summed E-state index contributed by atoms with van der Waals surface area (Å²) in [4.78, 5) is 25.7. The Bertz CT molecular complexity index is 651. The highest BCUT2D eigenvalue weighted by molar-refractivity contribution is 9.10. The van der Waals surface area contributed by atoms with Crippen LogP contribution in [0.2, 0.25) is 0 Å². The van der Waals surface area contributed by atoms with E-state index in [1.807, 2.05) is 0 Å². The number of amides is 2. The van der Waals surface area contributed by atoms with Crippen molar-refractivity contribution in [3.63, 3.8) is 0 Å². The molecule has 2 aliphatic rings. The number of carboxylic acids is 1. The standard InChI is InChI=1S/C16H19BrN2O4/c1-23-13-5-4-11(7-12(13)17)18-15(22)19-8-10-3-2-6-16(10,9-19)14(20)21/h4-5,7,10H,2-3,6,8-9H2,1H3,(H,18,22)(H,20,21)/t10-,16+/m0/s1. The summed E-state index contributed by atoms with van der Waals surface area (Å²) in [7, 11) is 1.58. The number of carbonyl (C=O) groups is 2. The lowest BCUT2D eigenvalue weighted by atomic mass is 9.81. The summed E-state index contributed by atoms with van der Waals surface area (Å²) >= 11 is 3.38. The number of rotatable bonds is 3. The van der Waals surface area contributed by atoms with E-state index in [-0.39, 0.29) is 18.5 Å². The maximum Gasteiger partial charge on any atom is 0.321 e. The maximum absolute atomic E-state index is 12.5. The Hall–Kier alpha value is -1.76. The zero-order chi connectivity index (χ0) is 16.6. The molecule has 7 heteroatoms. The van der Waals surface area contributed by atoms with Crippen LogP contribution < -0.4 is 10.1 Å². The SMILES string of the molecule is COc1ccc(NC(=O)N2C[C@@H]3CCC[C@@]3(C(=O)O)C2)cc1Br. The molecule has 0 bridgehead atoms. The number of carboxylic acid groups (broad SMARTS) is 1.